The van der Waals surface area contributed by atoms with E-state index in [1.54, 1.807) is 6.07 Å². The summed E-state index contributed by atoms with van der Waals surface area (Å²) in [7, 11) is 0. The van der Waals surface area contributed by atoms with E-state index in [0.717, 1.165) is 24.8 Å². The van der Waals surface area contributed by atoms with Crippen LogP contribution in [0.1, 0.15) is 49.7 Å². The summed E-state index contributed by atoms with van der Waals surface area (Å²) in [5.74, 6) is -0.0931. The van der Waals surface area contributed by atoms with Crippen molar-refractivity contribution in [1.82, 2.24) is 0 Å². The first kappa shape index (κ1) is 21.6. The van der Waals surface area contributed by atoms with Crippen LogP contribution in [0.4, 0.5) is 0 Å². The topological polar surface area (TPSA) is 134 Å². The Morgan fingerprint density at radius 3 is 2.69 bits per heavy atom. The molecule has 0 amide bonds. The minimum atomic E-state index is -1.76. The standard InChI is InChI=1S/C24H28O8/c1-24-9-8-14-13-5-3-12(10-11(13)2-4-15(14)16(24)6-7-17(24)25)31-23-20(28)18(26)19(27)21(32-23)22(29)30/h3-5,10,14,16,18-21,23,26-28H,2,6-9H2,1H3,(H,29,30)/t14-,16+,18-,19-,20+,21-,23+,24-/m0/s1. The molecule has 0 bridgehead atoms. The molecule has 2 saturated carbocycles. The maximum Gasteiger partial charge on any atom is 0.335 e. The summed E-state index contributed by atoms with van der Waals surface area (Å²) in [6.07, 6.45) is -1.86. The molecule has 1 saturated heterocycles. The number of Topliss-reactive ketones (excluding diaryl/α,β-unsaturated/α-hetero) is 1. The number of allylic oxidation sites excluding steroid dienone is 2. The molecule has 0 radical (unpaired) electrons. The van der Waals surface area contributed by atoms with E-state index in [0.29, 0.717) is 30.3 Å². The molecule has 0 aromatic heterocycles. The number of hydrogen-bond donors (Lipinski definition) is 4. The van der Waals surface area contributed by atoms with Gasteiger partial charge in [-0.1, -0.05) is 24.6 Å². The Morgan fingerprint density at radius 2 is 1.94 bits per heavy atom. The van der Waals surface area contributed by atoms with Crippen LogP contribution in [0.3, 0.4) is 0 Å². The number of carboxylic acids is 1. The van der Waals surface area contributed by atoms with Gasteiger partial charge in [-0.25, -0.2) is 4.79 Å². The molecule has 5 rings (SSSR count). The third kappa shape index (κ3) is 3.20. The van der Waals surface area contributed by atoms with Gasteiger partial charge in [-0.05, 0) is 54.9 Å². The lowest BCUT2D eigenvalue weighted by Crippen LogP contribution is -2.61. The number of ether oxygens (including phenoxy) is 2. The maximum atomic E-state index is 12.5. The summed E-state index contributed by atoms with van der Waals surface area (Å²) < 4.78 is 10.9. The highest BCUT2D eigenvalue weighted by molar-refractivity contribution is 5.88. The zero-order valence-electron chi connectivity index (χ0n) is 17.8. The van der Waals surface area contributed by atoms with E-state index in [1.807, 2.05) is 12.1 Å². The number of carbonyl (C=O) groups is 2. The number of fused-ring (bicyclic) bond motifs is 5. The minimum absolute atomic E-state index is 0.233. The van der Waals surface area contributed by atoms with Crippen LogP contribution >= 0.6 is 0 Å². The van der Waals surface area contributed by atoms with E-state index < -0.39 is 36.7 Å². The van der Waals surface area contributed by atoms with Crippen molar-refractivity contribution >= 4 is 11.8 Å². The average Bonchev–Trinajstić information content (AvgIpc) is 3.08. The number of rotatable bonds is 3. The molecule has 1 aromatic rings. The quantitative estimate of drug-likeness (QED) is 0.513. The highest BCUT2D eigenvalue weighted by Gasteiger charge is 2.52. The predicted molar refractivity (Wildman–Crippen MR) is 111 cm³/mol. The molecule has 0 spiro atoms. The van der Waals surface area contributed by atoms with E-state index in [9.17, 15) is 30.0 Å². The number of hydrogen-bond acceptors (Lipinski definition) is 7. The molecule has 3 aliphatic carbocycles. The Balaban J connectivity index is 1.36. The number of aliphatic hydroxyl groups excluding tert-OH is 3. The second-order valence-electron chi connectivity index (χ2n) is 9.64. The third-order valence-corrected chi connectivity index (χ3v) is 7.94. The summed E-state index contributed by atoms with van der Waals surface area (Å²) in [5.41, 5.74) is 3.42. The van der Waals surface area contributed by atoms with Crippen molar-refractivity contribution in [3.63, 3.8) is 0 Å². The number of ketones is 1. The van der Waals surface area contributed by atoms with Crippen molar-refractivity contribution in [2.24, 2.45) is 11.3 Å². The third-order valence-electron chi connectivity index (χ3n) is 7.94. The highest BCUT2D eigenvalue weighted by atomic mass is 16.7. The van der Waals surface area contributed by atoms with E-state index in [1.165, 1.54) is 11.1 Å². The van der Waals surface area contributed by atoms with E-state index in [2.05, 4.69) is 13.0 Å². The number of carbonyl (C=O) groups excluding carboxylic acids is 1. The molecule has 1 heterocycles. The van der Waals surface area contributed by atoms with Gasteiger partial charge in [0, 0.05) is 17.8 Å². The Bertz CT molecular complexity index is 986. The molecule has 0 unspecified atom stereocenters. The van der Waals surface area contributed by atoms with Crippen LogP contribution in [-0.4, -0.2) is 62.9 Å². The van der Waals surface area contributed by atoms with Crippen molar-refractivity contribution in [3.8, 4) is 5.75 Å². The minimum Gasteiger partial charge on any atom is -0.479 e. The van der Waals surface area contributed by atoms with Gasteiger partial charge in [0.15, 0.2) is 6.10 Å². The fourth-order valence-corrected chi connectivity index (χ4v) is 6.08. The molecule has 1 aliphatic heterocycles. The molecular formula is C24H28O8. The zero-order valence-corrected chi connectivity index (χ0v) is 17.8. The van der Waals surface area contributed by atoms with E-state index >= 15 is 0 Å². The van der Waals surface area contributed by atoms with Crippen LogP contribution in [0.2, 0.25) is 0 Å². The molecule has 1 aromatic carbocycles. The van der Waals surface area contributed by atoms with Gasteiger partial charge in [0.1, 0.15) is 29.8 Å². The van der Waals surface area contributed by atoms with Crippen LogP contribution in [0.15, 0.2) is 29.8 Å². The Hall–Kier alpha value is -2.26. The van der Waals surface area contributed by atoms with Gasteiger partial charge in [0.05, 0.1) is 0 Å². The number of benzene rings is 1. The Morgan fingerprint density at radius 1 is 1.16 bits per heavy atom. The van der Waals surface area contributed by atoms with Crippen molar-refractivity contribution in [2.75, 3.05) is 0 Å². The first-order valence-electron chi connectivity index (χ1n) is 11.2. The van der Waals surface area contributed by atoms with Crippen LogP contribution in [0.5, 0.6) is 5.75 Å². The fourth-order valence-electron chi connectivity index (χ4n) is 6.08. The molecule has 32 heavy (non-hydrogen) atoms. The highest BCUT2D eigenvalue weighted by Crippen LogP contribution is 2.58. The molecule has 8 heteroatoms. The molecule has 8 nitrogen and oxygen atoms in total. The van der Waals surface area contributed by atoms with Crippen LogP contribution in [0.25, 0.3) is 0 Å². The van der Waals surface area contributed by atoms with Crippen LogP contribution < -0.4 is 4.74 Å². The summed E-state index contributed by atoms with van der Waals surface area (Å²) in [5, 5.41) is 39.2. The van der Waals surface area contributed by atoms with Gasteiger partial charge < -0.3 is 29.9 Å². The Kier molecular flexibility index (Phi) is 5.16. The van der Waals surface area contributed by atoms with Crippen LogP contribution in [-0.2, 0) is 20.7 Å². The molecule has 4 N–H and O–H groups in total. The predicted octanol–water partition coefficient (Wildman–Crippen LogP) is 1.30. The lowest BCUT2D eigenvalue weighted by Gasteiger charge is -2.43. The van der Waals surface area contributed by atoms with Crippen LogP contribution in [0, 0.1) is 11.3 Å². The summed E-state index contributed by atoms with van der Waals surface area (Å²) in [6.45, 7) is 2.11. The number of aliphatic carboxylic acids is 1. The smallest absolute Gasteiger partial charge is 0.335 e. The van der Waals surface area contributed by atoms with Crippen molar-refractivity contribution in [3.05, 3.63) is 41.0 Å². The van der Waals surface area contributed by atoms with Gasteiger partial charge >= 0.3 is 5.97 Å². The SMILES string of the molecule is C[C@]12CC[C@@H]3C(=CCc4cc(O[C@@H]5O[C@H](C(=O)O)[C@@H](O)[C@H](O)[C@H]5O)ccc43)[C@H]1CCC2=O. The average molecular weight is 444 g/mol. The number of aliphatic hydroxyl groups is 3. The van der Waals surface area contributed by atoms with Gasteiger partial charge in [0.25, 0.3) is 0 Å². The van der Waals surface area contributed by atoms with Crippen molar-refractivity contribution in [1.29, 1.82) is 0 Å². The first-order valence-corrected chi connectivity index (χ1v) is 11.2. The Labute approximate surface area is 185 Å². The summed E-state index contributed by atoms with van der Waals surface area (Å²) in [6, 6.07) is 5.58. The zero-order chi connectivity index (χ0) is 22.8. The molecule has 4 aliphatic rings. The van der Waals surface area contributed by atoms with Crippen molar-refractivity contribution < 1.29 is 39.5 Å². The van der Waals surface area contributed by atoms with Gasteiger partial charge in [-0.3, -0.25) is 4.79 Å². The summed E-state index contributed by atoms with van der Waals surface area (Å²) in [4.78, 5) is 23.8. The molecule has 8 atom stereocenters. The lowest BCUT2D eigenvalue weighted by molar-refractivity contribution is -0.271. The number of carboxylic acid groups (broad SMARTS) is 1. The lowest BCUT2D eigenvalue weighted by atomic mass is 9.60. The first-order chi connectivity index (χ1) is 15.2. The largest absolute Gasteiger partial charge is 0.479 e. The monoisotopic (exact) mass is 444 g/mol. The van der Waals surface area contributed by atoms with Gasteiger partial charge in [-0.15, -0.1) is 0 Å². The fraction of sp³-hybridized carbons (Fsp3) is 0.583. The van der Waals surface area contributed by atoms with E-state index in [-0.39, 0.29) is 11.3 Å². The second kappa shape index (κ2) is 7.66. The maximum absolute atomic E-state index is 12.5. The molecular weight excluding hydrogens is 416 g/mol. The second-order valence-corrected chi connectivity index (χ2v) is 9.64. The van der Waals surface area contributed by atoms with E-state index in [4.69, 9.17) is 9.47 Å². The molecule has 3 fully saturated rings. The van der Waals surface area contributed by atoms with Gasteiger partial charge in [0.2, 0.25) is 6.29 Å². The van der Waals surface area contributed by atoms with Gasteiger partial charge in [-0.2, -0.15) is 0 Å². The van der Waals surface area contributed by atoms with Crippen molar-refractivity contribution in [2.45, 2.75) is 75.7 Å². The molecule has 172 valence electrons. The summed E-state index contributed by atoms with van der Waals surface area (Å²) >= 11 is 0. The normalized spacial score (nSPS) is 40.7.